The molecule has 0 bridgehead atoms. The van der Waals surface area contributed by atoms with Crippen LogP contribution in [0.2, 0.25) is 0 Å². The topological polar surface area (TPSA) is 23.6 Å². The van der Waals surface area contributed by atoms with Crippen molar-refractivity contribution >= 4 is 5.91 Å². The molecule has 0 aromatic heterocycles. The second-order valence-electron chi connectivity index (χ2n) is 6.63. The standard InChI is InChI=1S/C13H24N2O/c1-12(2,3)15-10-13(9-11(15)16)5-7-14(4)8-6-13/h5-10H2,1-4H3. The van der Waals surface area contributed by atoms with Gasteiger partial charge in [0.1, 0.15) is 0 Å². The van der Waals surface area contributed by atoms with Crippen LogP contribution in [0.5, 0.6) is 0 Å². The largest absolute Gasteiger partial charge is 0.337 e. The number of nitrogens with zero attached hydrogens (tertiary/aromatic N) is 2. The summed E-state index contributed by atoms with van der Waals surface area (Å²) in [6.07, 6.45) is 3.14. The Hall–Kier alpha value is -0.570. The van der Waals surface area contributed by atoms with Crippen molar-refractivity contribution in [2.75, 3.05) is 26.7 Å². The molecular weight excluding hydrogens is 200 g/mol. The van der Waals surface area contributed by atoms with Gasteiger partial charge in [0, 0.05) is 18.5 Å². The van der Waals surface area contributed by atoms with Gasteiger partial charge in [-0.15, -0.1) is 0 Å². The zero-order valence-electron chi connectivity index (χ0n) is 11.0. The molecule has 2 rings (SSSR count). The van der Waals surface area contributed by atoms with E-state index in [4.69, 9.17) is 0 Å². The summed E-state index contributed by atoms with van der Waals surface area (Å²) in [6, 6.07) is 0. The third kappa shape index (κ3) is 2.10. The van der Waals surface area contributed by atoms with Crippen LogP contribution in [0.4, 0.5) is 0 Å². The van der Waals surface area contributed by atoms with E-state index >= 15 is 0 Å². The van der Waals surface area contributed by atoms with E-state index in [1.807, 2.05) is 0 Å². The van der Waals surface area contributed by atoms with Crippen molar-refractivity contribution in [1.82, 2.24) is 9.80 Å². The molecule has 2 aliphatic rings. The van der Waals surface area contributed by atoms with Crippen LogP contribution in [0.1, 0.15) is 40.0 Å². The summed E-state index contributed by atoms with van der Waals surface area (Å²) in [5.41, 5.74) is 0.279. The van der Waals surface area contributed by atoms with E-state index in [9.17, 15) is 4.79 Å². The number of carbonyl (C=O) groups is 1. The molecule has 0 saturated carbocycles. The fourth-order valence-corrected chi connectivity index (χ4v) is 2.93. The minimum absolute atomic E-state index is 0.00999. The fraction of sp³-hybridized carbons (Fsp3) is 0.923. The van der Waals surface area contributed by atoms with Crippen molar-refractivity contribution in [3.63, 3.8) is 0 Å². The molecule has 0 aromatic rings. The molecule has 0 N–H and O–H groups in total. The van der Waals surface area contributed by atoms with Crippen molar-refractivity contribution in [2.24, 2.45) is 5.41 Å². The molecule has 16 heavy (non-hydrogen) atoms. The quantitative estimate of drug-likeness (QED) is 0.625. The van der Waals surface area contributed by atoms with Crippen LogP contribution in [0.3, 0.4) is 0 Å². The van der Waals surface area contributed by atoms with Crippen LogP contribution in [0.25, 0.3) is 0 Å². The summed E-state index contributed by atoms with van der Waals surface area (Å²) in [4.78, 5) is 16.5. The molecule has 3 heteroatoms. The molecule has 1 amide bonds. The minimum Gasteiger partial charge on any atom is -0.337 e. The molecule has 1 spiro atoms. The van der Waals surface area contributed by atoms with Gasteiger partial charge in [-0.2, -0.15) is 0 Å². The molecule has 2 aliphatic heterocycles. The van der Waals surface area contributed by atoms with Crippen LogP contribution in [-0.4, -0.2) is 47.9 Å². The van der Waals surface area contributed by atoms with Crippen molar-refractivity contribution < 1.29 is 4.79 Å². The molecule has 2 saturated heterocycles. The Kier molecular flexibility index (Phi) is 2.77. The molecule has 2 heterocycles. The Morgan fingerprint density at radius 1 is 1.19 bits per heavy atom. The molecule has 0 atom stereocenters. The highest BCUT2D eigenvalue weighted by molar-refractivity contribution is 5.80. The smallest absolute Gasteiger partial charge is 0.223 e. The van der Waals surface area contributed by atoms with Crippen molar-refractivity contribution in [1.29, 1.82) is 0 Å². The highest BCUT2D eigenvalue weighted by Gasteiger charge is 2.47. The predicted octanol–water partition coefficient (Wildman–Crippen LogP) is 1.73. The van der Waals surface area contributed by atoms with E-state index in [1.165, 1.54) is 12.8 Å². The monoisotopic (exact) mass is 224 g/mol. The van der Waals surface area contributed by atoms with E-state index < -0.39 is 0 Å². The van der Waals surface area contributed by atoms with Gasteiger partial charge >= 0.3 is 0 Å². The van der Waals surface area contributed by atoms with Gasteiger partial charge in [0.2, 0.25) is 5.91 Å². The highest BCUT2D eigenvalue weighted by atomic mass is 16.2. The summed E-state index contributed by atoms with van der Waals surface area (Å²) in [7, 11) is 2.17. The Morgan fingerprint density at radius 3 is 2.19 bits per heavy atom. The van der Waals surface area contributed by atoms with Crippen LogP contribution in [0.15, 0.2) is 0 Å². The van der Waals surface area contributed by atoms with Crippen LogP contribution < -0.4 is 0 Å². The Labute approximate surface area is 98.8 Å². The first kappa shape index (κ1) is 11.9. The van der Waals surface area contributed by atoms with Crippen LogP contribution in [-0.2, 0) is 4.79 Å². The van der Waals surface area contributed by atoms with E-state index in [1.54, 1.807) is 0 Å². The average molecular weight is 224 g/mol. The van der Waals surface area contributed by atoms with Gasteiger partial charge in [0.15, 0.2) is 0 Å². The summed E-state index contributed by atoms with van der Waals surface area (Å²) >= 11 is 0. The fourth-order valence-electron chi connectivity index (χ4n) is 2.93. The van der Waals surface area contributed by atoms with Gasteiger partial charge in [-0.3, -0.25) is 4.79 Å². The first-order chi connectivity index (χ1) is 7.32. The number of hydrogen-bond donors (Lipinski definition) is 0. The lowest BCUT2D eigenvalue weighted by Gasteiger charge is -2.39. The van der Waals surface area contributed by atoms with Crippen molar-refractivity contribution in [3.8, 4) is 0 Å². The maximum Gasteiger partial charge on any atom is 0.223 e. The van der Waals surface area contributed by atoms with Gasteiger partial charge in [0.25, 0.3) is 0 Å². The first-order valence-corrected chi connectivity index (χ1v) is 6.32. The van der Waals surface area contributed by atoms with Gasteiger partial charge in [0.05, 0.1) is 0 Å². The van der Waals surface area contributed by atoms with Crippen molar-refractivity contribution in [2.45, 2.75) is 45.6 Å². The summed E-state index contributed by atoms with van der Waals surface area (Å²) < 4.78 is 0. The first-order valence-electron chi connectivity index (χ1n) is 6.32. The van der Waals surface area contributed by atoms with Crippen LogP contribution >= 0.6 is 0 Å². The highest BCUT2D eigenvalue weighted by Crippen LogP contribution is 2.42. The number of piperidine rings is 1. The molecule has 0 radical (unpaired) electrons. The maximum atomic E-state index is 12.1. The Bertz CT molecular complexity index is 285. The summed E-state index contributed by atoms with van der Waals surface area (Å²) in [5, 5.41) is 0. The van der Waals surface area contributed by atoms with Crippen LogP contribution in [0, 0.1) is 5.41 Å². The second kappa shape index (κ2) is 3.73. The van der Waals surface area contributed by atoms with E-state index in [2.05, 4.69) is 37.6 Å². The molecule has 92 valence electrons. The lowest BCUT2D eigenvalue weighted by Crippen LogP contribution is -2.45. The van der Waals surface area contributed by atoms with E-state index in [0.717, 1.165) is 26.1 Å². The third-order valence-electron chi connectivity index (χ3n) is 4.18. The number of rotatable bonds is 0. The average Bonchev–Trinajstić information content (AvgIpc) is 2.49. The molecule has 2 fully saturated rings. The zero-order valence-corrected chi connectivity index (χ0v) is 11.0. The minimum atomic E-state index is -0.00999. The maximum absolute atomic E-state index is 12.1. The summed E-state index contributed by atoms with van der Waals surface area (Å²) in [5.74, 6) is 0.358. The third-order valence-corrected chi connectivity index (χ3v) is 4.18. The molecular formula is C13H24N2O. The van der Waals surface area contributed by atoms with Gasteiger partial charge < -0.3 is 9.80 Å². The summed E-state index contributed by atoms with van der Waals surface area (Å²) in [6.45, 7) is 9.68. The normalized spacial score (nSPS) is 26.8. The van der Waals surface area contributed by atoms with E-state index in [0.29, 0.717) is 5.91 Å². The predicted molar refractivity (Wildman–Crippen MR) is 65.2 cm³/mol. The van der Waals surface area contributed by atoms with Crippen molar-refractivity contribution in [3.05, 3.63) is 0 Å². The Balaban J connectivity index is 2.09. The second-order valence-corrected chi connectivity index (χ2v) is 6.63. The van der Waals surface area contributed by atoms with Gasteiger partial charge in [-0.1, -0.05) is 0 Å². The molecule has 0 aliphatic carbocycles. The lowest BCUT2D eigenvalue weighted by atomic mass is 9.77. The molecule has 0 unspecified atom stereocenters. The van der Waals surface area contributed by atoms with Gasteiger partial charge in [-0.05, 0) is 59.2 Å². The number of amides is 1. The molecule has 0 aromatic carbocycles. The van der Waals surface area contributed by atoms with Gasteiger partial charge in [-0.25, -0.2) is 0 Å². The number of likely N-dealkylation sites (tertiary alicyclic amines) is 2. The zero-order chi connectivity index (χ0) is 12.0. The van der Waals surface area contributed by atoms with E-state index in [-0.39, 0.29) is 11.0 Å². The SMILES string of the molecule is CN1CCC2(CC1)CC(=O)N(C(C)(C)C)C2. The molecule has 3 nitrogen and oxygen atoms in total. The lowest BCUT2D eigenvalue weighted by molar-refractivity contribution is -0.131. The number of carbonyl (C=O) groups excluding carboxylic acids is 1. The Morgan fingerprint density at radius 2 is 1.75 bits per heavy atom. The number of hydrogen-bond acceptors (Lipinski definition) is 2.